The van der Waals surface area contributed by atoms with E-state index >= 15 is 0 Å². The lowest BCUT2D eigenvalue weighted by atomic mass is 10.2. The van der Waals surface area contributed by atoms with Crippen LogP contribution in [0, 0.1) is 0 Å². The normalized spacial score (nSPS) is 13.1. The van der Waals surface area contributed by atoms with Crippen molar-refractivity contribution in [2.45, 2.75) is 6.17 Å². The molecule has 0 saturated heterocycles. The molecule has 1 aromatic carbocycles. The third kappa shape index (κ3) is 3.28. The molecule has 18 heavy (non-hydrogen) atoms. The minimum Gasteiger partial charge on any atom is -0.248 e. The molecule has 0 bridgehead atoms. The van der Waals surface area contributed by atoms with E-state index in [2.05, 4.69) is 72.4 Å². The van der Waals surface area contributed by atoms with E-state index < -0.39 is 0 Å². The Kier molecular flexibility index (Phi) is 4.26. The predicted molar refractivity (Wildman–Crippen MR) is 74.8 cm³/mol. The number of rotatable bonds is 4. The number of hydrogen-bond acceptors (Lipinski definition) is 1. The van der Waals surface area contributed by atoms with Crippen LogP contribution in [-0.4, -0.2) is 19.0 Å². The van der Waals surface area contributed by atoms with Crippen molar-refractivity contribution in [1.29, 1.82) is 0 Å². The Hall–Kier alpha value is -1.93. The summed E-state index contributed by atoms with van der Waals surface area (Å²) in [6.45, 7) is 0. The van der Waals surface area contributed by atoms with E-state index in [-0.39, 0.29) is 6.17 Å². The van der Waals surface area contributed by atoms with Gasteiger partial charge in [-0.25, -0.2) is 4.90 Å². The fraction of sp³-hybridized carbons (Fsp3) is 0.188. The van der Waals surface area contributed by atoms with Gasteiger partial charge >= 0.3 is 0 Å². The van der Waals surface area contributed by atoms with Gasteiger partial charge in [0.1, 0.15) is 0 Å². The molecule has 2 aromatic rings. The maximum atomic E-state index is 2.20. The van der Waals surface area contributed by atoms with Crippen molar-refractivity contribution in [3.63, 3.8) is 0 Å². The monoisotopic (exact) mass is 239 g/mol. The van der Waals surface area contributed by atoms with Crippen LogP contribution in [0.2, 0.25) is 0 Å². The van der Waals surface area contributed by atoms with Crippen molar-refractivity contribution < 1.29 is 4.57 Å². The number of benzene rings is 1. The van der Waals surface area contributed by atoms with Gasteiger partial charge < -0.3 is 0 Å². The molecule has 92 valence electrons. The fourth-order valence-electron chi connectivity index (χ4n) is 1.89. The lowest BCUT2D eigenvalue weighted by molar-refractivity contribution is -0.730. The van der Waals surface area contributed by atoms with Crippen LogP contribution in [0.15, 0.2) is 67.0 Å². The van der Waals surface area contributed by atoms with Crippen molar-refractivity contribution in [1.82, 2.24) is 4.90 Å². The zero-order chi connectivity index (χ0) is 12.8. The van der Waals surface area contributed by atoms with Gasteiger partial charge in [0.05, 0.1) is 0 Å². The van der Waals surface area contributed by atoms with Crippen molar-refractivity contribution in [2.75, 3.05) is 14.1 Å². The van der Waals surface area contributed by atoms with Crippen LogP contribution in [0.4, 0.5) is 0 Å². The van der Waals surface area contributed by atoms with Gasteiger partial charge in [-0.2, -0.15) is 4.57 Å². The Balaban J connectivity index is 2.20. The van der Waals surface area contributed by atoms with E-state index in [1.54, 1.807) is 0 Å². The molecule has 2 nitrogen and oxygen atoms in total. The summed E-state index contributed by atoms with van der Waals surface area (Å²) in [6, 6.07) is 16.5. The largest absolute Gasteiger partial charge is 0.248 e. The highest BCUT2D eigenvalue weighted by Gasteiger charge is 2.15. The third-order valence-corrected chi connectivity index (χ3v) is 2.83. The van der Waals surface area contributed by atoms with E-state index in [4.69, 9.17) is 0 Å². The van der Waals surface area contributed by atoms with Gasteiger partial charge in [0.25, 0.3) is 0 Å². The van der Waals surface area contributed by atoms with Crippen LogP contribution in [0.5, 0.6) is 0 Å². The molecular formula is C16H19N2+. The predicted octanol–water partition coefficient (Wildman–Crippen LogP) is 2.75. The van der Waals surface area contributed by atoms with Crippen LogP contribution in [0.3, 0.4) is 0 Å². The number of pyridine rings is 1. The molecule has 0 saturated carbocycles. The fourth-order valence-corrected chi connectivity index (χ4v) is 1.89. The van der Waals surface area contributed by atoms with E-state index in [1.165, 1.54) is 5.56 Å². The second kappa shape index (κ2) is 6.12. The molecular weight excluding hydrogens is 220 g/mol. The number of aromatic nitrogens is 1. The Morgan fingerprint density at radius 2 is 1.56 bits per heavy atom. The topological polar surface area (TPSA) is 7.12 Å². The molecule has 2 rings (SSSR count). The van der Waals surface area contributed by atoms with Gasteiger partial charge in [0, 0.05) is 18.2 Å². The van der Waals surface area contributed by atoms with Gasteiger partial charge in [-0.3, -0.25) is 0 Å². The van der Waals surface area contributed by atoms with Crippen molar-refractivity contribution >= 4 is 6.08 Å². The highest BCUT2D eigenvalue weighted by atomic mass is 15.2. The SMILES string of the molecule is CN(C)C(/C=C/c1ccccc1)[n+]1ccccc1. The van der Waals surface area contributed by atoms with Gasteiger partial charge in [-0.05, 0) is 19.7 Å². The Morgan fingerprint density at radius 1 is 0.944 bits per heavy atom. The van der Waals surface area contributed by atoms with Crippen LogP contribution in [0.25, 0.3) is 6.08 Å². The first-order chi connectivity index (χ1) is 8.77. The zero-order valence-electron chi connectivity index (χ0n) is 10.9. The summed E-state index contributed by atoms with van der Waals surface area (Å²) in [5, 5.41) is 0. The first-order valence-corrected chi connectivity index (χ1v) is 6.13. The molecule has 0 N–H and O–H groups in total. The Labute approximate surface area is 109 Å². The Morgan fingerprint density at radius 3 is 2.17 bits per heavy atom. The van der Waals surface area contributed by atoms with E-state index in [0.29, 0.717) is 0 Å². The molecule has 0 fully saturated rings. The highest BCUT2D eigenvalue weighted by molar-refractivity contribution is 5.48. The second-order valence-corrected chi connectivity index (χ2v) is 4.47. The molecule has 1 heterocycles. The maximum Gasteiger partial charge on any atom is 0.233 e. The van der Waals surface area contributed by atoms with Crippen molar-refractivity contribution in [3.05, 3.63) is 72.6 Å². The summed E-state index contributed by atoms with van der Waals surface area (Å²) in [4.78, 5) is 2.18. The molecule has 0 aliphatic rings. The lowest BCUT2D eigenvalue weighted by Crippen LogP contribution is -2.45. The Bertz CT molecular complexity index is 489. The minimum atomic E-state index is 0.228. The molecule has 0 radical (unpaired) electrons. The summed E-state index contributed by atoms with van der Waals surface area (Å²) >= 11 is 0. The highest BCUT2D eigenvalue weighted by Crippen LogP contribution is 2.07. The smallest absolute Gasteiger partial charge is 0.233 e. The number of nitrogens with zero attached hydrogens (tertiary/aromatic N) is 2. The average molecular weight is 239 g/mol. The van der Waals surface area contributed by atoms with Gasteiger partial charge in [0.15, 0.2) is 12.4 Å². The molecule has 0 spiro atoms. The van der Waals surface area contributed by atoms with Crippen LogP contribution in [0.1, 0.15) is 11.7 Å². The standard InChI is InChI=1S/C16H19N2/c1-17(2)16(18-13-7-4-8-14-18)12-11-15-9-5-3-6-10-15/h3-14,16H,1-2H3/q+1/b12-11+. The summed E-state index contributed by atoms with van der Waals surface area (Å²) < 4.78 is 2.18. The molecule has 0 amide bonds. The molecule has 0 aliphatic heterocycles. The molecule has 1 atom stereocenters. The van der Waals surface area contributed by atoms with Gasteiger partial charge in [-0.15, -0.1) is 0 Å². The summed E-state index contributed by atoms with van der Waals surface area (Å²) in [6.07, 6.45) is 8.76. The molecule has 1 unspecified atom stereocenters. The summed E-state index contributed by atoms with van der Waals surface area (Å²) in [7, 11) is 4.17. The van der Waals surface area contributed by atoms with E-state index in [0.717, 1.165) is 0 Å². The van der Waals surface area contributed by atoms with Gasteiger partial charge in [-0.1, -0.05) is 42.5 Å². The quantitative estimate of drug-likeness (QED) is 0.744. The average Bonchev–Trinajstić information content (AvgIpc) is 2.41. The molecule has 1 aromatic heterocycles. The first-order valence-electron chi connectivity index (χ1n) is 6.13. The van der Waals surface area contributed by atoms with Crippen molar-refractivity contribution in [2.24, 2.45) is 0 Å². The van der Waals surface area contributed by atoms with Crippen LogP contribution < -0.4 is 4.57 Å². The lowest BCUT2D eigenvalue weighted by Gasteiger charge is -2.15. The van der Waals surface area contributed by atoms with E-state index in [9.17, 15) is 0 Å². The maximum absolute atomic E-state index is 2.20. The first kappa shape index (κ1) is 12.5. The van der Waals surface area contributed by atoms with Crippen molar-refractivity contribution in [3.8, 4) is 0 Å². The number of likely N-dealkylation sites (N-methyl/N-ethyl adjacent to an activating group) is 1. The van der Waals surface area contributed by atoms with E-state index in [1.807, 2.05) is 24.3 Å². The minimum absolute atomic E-state index is 0.228. The second-order valence-electron chi connectivity index (χ2n) is 4.47. The summed E-state index contributed by atoms with van der Waals surface area (Å²) in [5.74, 6) is 0. The number of hydrogen-bond donors (Lipinski definition) is 0. The third-order valence-electron chi connectivity index (χ3n) is 2.83. The van der Waals surface area contributed by atoms with Crippen LogP contribution in [-0.2, 0) is 0 Å². The molecule has 0 aliphatic carbocycles. The van der Waals surface area contributed by atoms with Gasteiger partial charge in [0.2, 0.25) is 6.17 Å². The zero-order valence-corrected chi connectivity index (χ0v) is 10.9. The van der Waals surface area contributed by atoms with Crippen LogP contribution >= 0.6 is 0 Å². The molecule has 2 heteroatoms. The summed E-state index contributed by atoms with van der Waals surface area (Å²) in [5.41, 5.74) is 1.22.